The molecule has 0 bridgehead atoms. The maximum atomic E-state index is 12.1. The van der Waals surface area contributed by atoms with E-state index in [1.807, 2.05) is 33.0 Å². The average molecular weight is 224 g/mol. The Balaban J connectivity index is 2.72. The molecule has 1 aromatic heterocycles. The minimum atomic E-state index is 0.000376. The van der Waals surface area contributed by atoms with Gasteiger partial charge in [0.15, 0.2) is 0 Å². The molecule has 0 radical (unpaired) electrons. The minimum absolute atomic E-state index is 0.000376. The van der Waals surface area contributed by atoms with Crippen molar-refractivity contribution in [2.45, 2.75) is 20.3 Å². The van der Waals surface area contributed by atoms with Crippen LogP contribution in [0.1, 0.15) is 19.1 Å². The highest BCUT2D eigenvalue weighted by atomic mass is 16.4. The summed E-state index contributed by atoms with van der Waals surface area (Å²) < 4.78 is 5.42. The average Bonchev–Trinajstić information content (AvgIpc) is 2.70. The summed E-state index contributed by atoms with van der Waals surface area (Å²) in [5, 5.41) is 3.03. The van der Waals surface area contributed by atoms with Crippen molar-refractivity contribution < 1.29 is 9.21 Å². The zero-order chi connectivity index (χ0) is 12.1. The van der Waals surface area contributed by atoms with Gasteiger partial charge in [0, 0.05) is 19.7 Å². The Labute approximate surface area is 96.6 Å². The number of carbonyl (C=O) groups is 1. The van der Waals surface area contributed by atoms with Crippen molar-refractivity contribution in [1.82, 2.24) is 5.32 Å². The Hall–Kier alpha value is -1.29. The van der Waals surface area contributed by atoms with Gasteiger partial charge < -0.3 is 9.73 Å². The minimum Gasteiger partial charge on any atom is -0.445 e. The second kappa shape index (κ2) is 5.70. The summed E-state index contributed by atoms with van der Waals surface area (Å²) in [7, 11) is 3.60. The van der Waals surface area contributed by atoms with E-state index >= 15 is 0 Å². The number of nitrogens with zero attached hydrogens (tertiary/aromatic N) is 1. The van der Waals surface area contributed by atoms with Crippen LogP contribution in [0.15, 0.2) is 16.5 Å². The molecule has 1 aromatic rings. The Kier molecular flexibility index (Phi) is 4.55. The Bertz CT molecular complexity index is 347. The fourth-order valence-corrected chi connectivity index (χ4v) is 1.64. The van der Waals surface area contributed by atoms with Crippen molar-refractivity contribution in [2.75, 3.05) is 25.5 Å². The number of hydrogen-bond acceptors (Lipinski definition) is 3. The second-order valence-electron chi connectivity index (χ2n) is 3.94. The van der Waals surface area contributed by atoms with Gasteiger partial charge in [-0.15, -0.1) is 0 Å². The summed E-state index contributed by atoms with van der Waals surface area (Å²) in [4.78, 5) is 13.7. The molecular weight excluding hydrogens is 204 g/mol. The molecule has 1 amide bonds. The van der Waals surface area contributed by atoms with Gasteiger partial charge in [0.25, 0.3) is 0 Å². The van der Waals surface area contributed by atoms with Crippen LogP contribution in [0.2, 0.25) is 0 Å². The van der Waals surface area contributed by atoms with E-state index in [2.05, 4.69) is 5.32 Å². The summed E-state index contributed by atoms with van der Waals surface area (Å²) in [5.74, 6) is 1.51. The number of hydrogen-bond donors (Lipinski definition) is 1. The molecule has 0 spiro atoms. The molecule has 0 aromatic carbocycles. The first-order valence-electron chi connectivity index (χ1n) is 5.58. The van der Waals surface area contributed by atoms with Crippen LogP contribution in [0, 0.1) is 12.8 Å². The third-order valence-corrected chi connectivity index (χ3v) is 2.68. The van der Waals surface area contributed by atoms with Gasteiger partial charge in [0.05, 0.1) is 5.92 Å². The number of carbonyl (C=O) groups excluding carboxylic acids is 1. The molecule has 1 N–H and O–H groups in total. The van der Waals surface area contributed by atoms with Crippen molar-refractivity contribution >= 4 is 11.8 Å². The van der Waals surface area contributed by atoms with Gasteiger partial charge in [-0.3, -0.25) is 9.69 Å². The topological polar surface area (TPSA) is 45.5 Å². The molecular formula is C12H20N2O2. The molecule has 0 aliphatic carbocycles. The molecule has 1 heterocycles. The molecule has 0 saturated carbocycles. The van der Waals surface area contributed by atoms with Gasteiger partial charge in [0.2, 0.25) is 11.8 Å². The predicted octanol–water partition coefficient (Wildman–Crippen LogP) is 1.80. The maximum absolute atomic E-state index is 12.1. The van der Waals surface area contributed by atoms with Gasteiger partial charge in [-0.25, -0.2) is 0 Å². The molecule has 16 heavy (non-hydrogen) atoms. The van der Waals surface area contributed by atoms with Gasteiger partial charge >= 0.3 is 0 Å². The molecule has 0 aliphatic heterocycles. The summed E-state index contributed by atoms with van der Waals surface area (Å²) in [6, 6.07) is 3.68. The molecule has 0 fully saturated rings. The van der Waals surface area contributed by atoms with Crippen LogP contribution in [-0.2, 0) is 4.79 Å². The van der Waals surface area contributed by atoms with E-state index in [0.717, 1.165) is 12.2 Å². The molecule has 0 saturated heterocycles. The summed E-state index contributed by atoms with van der Waals surface area (Å²) in [5.41, 5.74) is 0. The fraction of sp³-hybridized carbons (Fsp3) is 0.583. The van der Waals surface area contributed by atoms with E-state index in [0.29, 0.717) is 12.4 Å². The first kappa shape index (κ1) is 12.8. The third kappa shape index (κ3) is 2.85. The number of rotatable bonds is 5. The van der Waals surface area contributed by atoms with E-state index in [1.165, 1.54) is 0 Å². The van der Waals surface area contributed by atoms with Crippen LogP contribution in [-0.4, -0.2) is 26.5 Å². The van der Waals surface area contributed by atoms with Crippen molar-refractivity contribution in [3.05, 3.63) is 17.9 Å². The quantitative estimate of drug-likeness (QED) is 0.829. The molecule has 1 rings (SSSR count). The Morgan fingerprint density at radius 3 is 2.69 bits per heavy atom. The molecule has 1 atom stereocenters. The molecule has 4 heteroatoms. The lowest BCUT2D eigenvalue weighted by atomic mass is 10.1. The number of aryl methyl sites for hydroxylation is 1. The van der Waals surface area contributed by atoms with Crippen LogP contribution in [0.3, 0.4) is 0 Å². The highest BCUT2D eigenvalue weighted by Crippen LogP contribution is 2.19. The first-order valence-corrected chi connectivity index (χ1v) is 5.58. The maximum Gasteiger partial charge on any atom is 0.233 e. The standard InChI is InChI=1S/C12H20N2O2/c1-5-10(8-13-3)12(15)14(4)11-7-6-9(2)16-11/h6-7,10,13H,5,8H2,1-4H3. The first-order chi connectivity index (χ1) is 7.60. The van der Waals surface area contributed by atoms with Crippen LogP contribution in [0.25, 0.3) is 0 Å². The Morgan fingerprint density at radius 1 is 1.56 bits per heavy atom. The number of nitrogens with one attached hydrogen (secondary N) is 1. The van der Waals surface area contributed by atoms with Gasteiger partial charge in [-0.1, -0.05) is 6.92 Å². The highest BCUT2D eigenvalue weighted by Gasteiger charge is 2.22. The van der Waals surface area contributed by atoms with E-state index < -0.39 is 0 Å². The lowest BCUT2D eigenvalue weighted by molar-refractivity contribution is -0.122. The molecule has 4 nitrogen and oxygen atoms in total. The van der Waals surface area contributed by atoms with Gasteiger partial charge in [-0.2, -0.15) is 0 Å². The smallest absolute Gasteiger partial charge is 0.233 e. The van der Waals surface area contributed by atoms with E-state index in [9.17, 15) is 4.79 Å². The largest absolute Gasteiger partial charge is 0.445 e. The third-order valence-electron chi connectivity index (χ3n) is 2.68. The van der Waals surface area contributed by atoms with Crippen LogP contribution in [0.5, 0.6) is 0 Å². The van der Waals surface area contributed by atoms with Crippen molar-refractivity contribution in [3.8, 4) is 0 Å². The molecule has 90 valence electrons. The summed E-state index contributed by atoms with van der Waals surface area (Å²) in [6.07, 6.45) is 0.823. The monoisotopic (exact) mass is 224 g/mol. The molecule has 0 aliphatic rings. The van der Waals surface area contributed by atoms with E-state index in [4.69, 9.17) is 4.42 Å². The van der Waals surface area contributed by atoms with Gasteiger partial charge in [0.1, 0.15) is 5.76 Å². The summed E-state index contributed by atoms with van der Waals surface area (Å²) >= 11 is 0. The van der Waals surface area contributed by atoms with Crippen molar-refractivity contribution in [1.29, 1.82) is 0 Å². The fourth-order valence-electron chi connectivity index (χ4n) is 1.64. The van der Waals surface area contributed by atoms with Crippen molar-refractivity contribution in [3.63, 3.8) is 0 Å². The lowest BCUT2D eigenvalue weighted by Crippen LogP contribution is -2.37. The van der Waals surface area contributed by atoms with Crippen LogP contribution < -0.4 is 10.2 Å². The number of furan rings is 1. The zero-order valence-electron chi connectivity index (χ0n) is 10.4. The normalized spacial score (nSPS) is 12.5. The SMILES string of the molecule is CCC(CNC)C(=O)N(C)c1ccc(C)o1. The van der Waals surface area contributed by atoms with E-state index in [-0.39, 0.29) is 11.8 Å². The van der Waals surface area contributed by atoms with Crippen LogP contribution in [0.4, 0.5) is 5.88 Å². The Morgan fingerprint density at radius 2 is 2.25 bits per heavy atom. The zero-order valence-corrected chi connectivity index (χ0v) is 10.4. The number of amides is 1. The lowest BCUT2D eigenvalue weighted by Gasteiger charge is -2.20. The van der Waals surface area contributed by atoms with Gasteiger partial charge in [-0.05, 0) is 26.5 Å². The van der Waals surface area contributed by atoms with Crippen molar-refractivity contribution in [2.24, 2.45) is 5.92 Å². The molecule has 1 unspecified atom stereocenters. The highest BCUT2D eigenvalue weighted by molar-refractivity contribution is 5.93. The predicted molar refractivity (Wildman–Crippen MR) is 64.6 cm³/mol. The second-order valence-corrected chi connectivity index (χ2v) is 3.94. The summed E-state index contributed by atoms with van der Waals surface area (Å²) in [6.45, 7) is 4.58. The van der Waals surface area contributed by atoms with E-state index in [1.54, 1.807) is 11.9 Å². The van der Waals surface area contributed by atoms with Crippen LogP contribution >= 0.6 is 0 Å². The number of anilines is 1.